The van der Waals surface area contributed by atoms with Gasteiger partial charge in [-0.15, -0.1) is 0 Å². The molecule has 0 spiro atoms. The summed E-state index contributed by atoms with van der Waals surface area (Å²) in [6, 6.07) is 18.2. The fourth-order valence-corrected chi connectivity index (χ4v) is 2.26. The van der Waals surface area contributed by atoms with Gasteiger partial charge in [-0.3, -0.25) is 0 Å². The molecule has 2 nitrogen and oxygen atoms in total. The van der Waals surface area contributed by atoms with Gasteiger partial charge in [0.05, 0.1) is 12.7 Å². The Kier molecular flexibility index (Phi) is 4.94. The van der Waals surface area contributed by atoms with E-state index in [9.17, 15) is 4.79 Å². The van der Waals surface area contributed by atoms with Gasteiger partial charge in [0.15, 0.2) is 0 Å². The quantitative estimate of drug-likeness (QED) is 0.759. The van der Waals surface area contributed by atoms with Gasteiger partial charge in [0.25, 0.3) is 0 Å². The van der Waals surface area contributed by atoms with Crippen LogP contribution in [0.4, 0.5) is 0 Å². The summed E-state index contributed by atoms with van der Waals surface area (Å²) in [6.45, 7) is 2.25. The molecule has 2 rings (SSSR count). The van der Waals surface area contributed by atoms with Gasteiger partial charge in [-0.2, -0.15) is 0 Å². The lowest BCUT2D eigenvalue weighted by Gasteiger charge is -2.11. The van der Waals surface area contributed by atoms with Crippen molar-refractivity contribution in [3.05, 3.63) is 71.3 Å². The molecular weight excluding hydrogens is 248 g/mol. The third-order valence-corrected chi connectivity index (χ3v) is 3.61. The molecule has 0 radical (unpaired) electrons. The highest BCUT2D eigenvalue weighted by molar-refractivity contribution is 5.89. The van der Waals surface area contributed by atoms with E-state index in [4.69, 9.17) is 4.74 Å². The van der Waals surface area contributed by atoms with Crippen molar-refractivity contribution in [3.8, 4) is 0 Å². The second-order valence-corrected chi connectivity index (χ2v) is 5.04. The number of carbonyl (C=O) groups is 1. The zero-order valence-electron chi connectivity index (χ0n) is 12.0. The molecule has 0 heterocycles. The molecule has 2 aromatic carbocycles. The van der Waals surface area contributed by atoms with E-state index >= 15 is 0 Å². The third-order valence-electron chi connectivity index (χ3n) is 3.61. The largest absolute Gasteiger partial charge is 0.465 e. The smallest absolute Gasteiger partial charge is 0.337 e. The monoisotopic (exact) mass is 268 g/mol. The van der Waals surface area contributed by atoms with Crippen LogP contribution in [-0.4, -0.2) is 13.1 Å². The number of ether oxygens (including phenoxy) is 1. The van der Waals surface area contributed by atoms with Crippen LogP contribution in [0, 0.1) is 0 Å². The van der Waals surface area contributed by atoms with Crippen molar-refractivity contribution in [1.29, 1.82) is 0 Å². The first-order valence-corrected chi connectivity index (χ1v) is 6.93. The summed E-state index contributed by atoms with van der Waals surface area (Å²) in [5.74, 6) is 0.255. The van der Waals surface area contributed by atoms with Crippen molar-refractivity contribution in [1.82, 2.24) is 0 Å². The highest BCUT2D eigenvalue weighted by atomic mass is 16.5. The molecule has 2 aromatic rings. The van der Waals surface area contributed by atoms with Crippen LogP contribution in [0.15, 0.2) is 54.6 Å². The maximum absolute atomic E-state index is 11.4. The second-order valence-electron chi connectivity index (χ2n) is 5.04. The van der Waals surface area contributed by atoms with E-state index in [-0.39, 0.29) is 5.97 Å². The molecule has 0 saturated carbocycles. The minimum atomic E-state index is -0.283. The molecule has 0 aromatic heterocycles. The van der Waals surface area contributed by atoms with Crippen LogP contribution in [0.3, 0.4) is 0 Å². The van der Waals surface area contributed by atoms with Gasteiger partial charge < -0.3 is 4.74 Å². The van der Waals surface area contributed by atoms with Crippen LogP contribution < -0.4 is 0 Å². The zero-order valence-corrected chi connectivity index (χ0v) is 12.0. The van der Waals surface area contributed by atoms with Crippen LogP contribution in [0.25, 0.3) is 0 Å². The molecule has 0 saturated heterocycles. The maximum atomic E-state index is 11.4. The number of benzene rings is 2. The summed E-state index contributed by atoms with van der Waals surface area (Å²) in [5.41, 5.74) is 3.23. The molecular formula is C18H20O2. The molecule has 0 aliphatic heterocycles. The summed E-state index contributed by atoms with van der Waals surface area (Å²) in [5, 5.41) is 0. The van der Waals surface area contributed by atoms with Crippen LogP contribution in [0.2, 0.25) is 0 Å². The lowest BCUT2D eigenvalue weighted by atomic mass is 9.94. The molecule has 20 heavy (non-hydrogen) atoms. The van der Waals surface area contributed by atoms with Crippen molar-refractivity contribution < 1.29 is 9.53 Å². The Balaban J connectivity index is 1.93. The SMILES string of the molecule is COC(=O)c1ccc(CC[C@@H](C)c2ccccc2)cc1. The minimum absolute atomic E-state index is 0.283. The van der Waals surface area contributed by atoms with E-state index in [1.165, 1.54) is 18.2 Å². The lowest BCUT2D eigenvalue weighted by Crippen LogP contribution is -2.01. The van der Waals surface area contributed by atoms with Crippen molar-refractivity contribution in [2.75, 3.05) is 7.11 Å². The summed E-state index contributed by atoms with van der Waals surface area (Å²) in [7, 11) is 1.40. The number of methoxy groups -OCH3 is 1. The standard InChI is InChI=1S/C18H20O2/c1-14(16-6-4-3-5-7-16)8-9-15-10-12-17(13-11-15)18(19)20-2/h3-7,10-14H,8-9H2,1-2H3/t14-/m1/s1. The van der Waals surface area contributed by atoms with Gasteiger partial charge in [-0.25, -0.2) is 4.79 Å². The zero-order chi connectivity index (χ0) is 14.4. The highest BCUT2D eigenvalue weighted by Gasteiger charge is 2.07. The molecule has 104 valence electrons. The Bertz CT molecular complexity index is 543. The average Bonchev–Trinajstić information content (AvgIpc) is 2.53. The fraction of sp³-hybridized carbons (Fsp3) is 0.278. The molecule has 0 bridgehead atoms. The minimum Gasteiger partial charge on any atom is -0.465 e. The predicted octanol–water partition coefficient (Wildman–Crippen LogP) is 4.21. The van der Waals surface area contributed by atoms with E-state index in [1.807, 2.05) is 30.3 Å². The van der Waals surface area contributed by atoms with Gasteiger partial charge in [0, 0.05) is 0 Å². The van der Waals surface area contributed by atoms with Crippen LogP contribution >= 0.6 is 0 Å². The topological polar surface area (TPSA) is 26.3 Å². The van der Waals surface area contributed by atoms with Crippen LogP contribution in [0.1, 0.15) is 40.7 Å². The molecule has 0 aliphatic rings. The van der Waals surface area contributed by atoms with Crippen molar-refractivity contribution >= 4 is 5.97 Å². The van der Waals surface area contributed by atoms with Gasteiger partial charge in [-0.1, -0.05) is 49.4 Å². The number of aryl methyl sites for hydroxylation is 1. The van der Waals surface area contributed by atoms with Crippen molar-refractivity contribution in [2.24, 2.45) is 0 Å². The Morgan fingerprint density at radius 1 is 1.05 bits per heavy atom. The Hall–Kier alpha value is -2.09. The summed E-state index contributed by atoms with van der Waals surface area (Å²) < 4.78 is 4.69. The Morgan fingerprint density at radius 2 is 1.70 bits per heavy atom. The van der Waals surface area contributed by atoms with E-state index in [0.29, 0.717) is 11.5 Å². The molecule has 0 fully saturated rings. The highest BCUT2D eigenvalue weighted by Crippen LogP contribution is 2.21. The molecule has 0 N–H and O–H groups in total. The number of hydrogen-bond acceptors (Lipinski definition) is 2. The molecule has 2 heteroatoms. The first-order valence-electron chi connectivity index (χ1n) is 6.93. The number of hydrogen-bond donors (Lipinski definition) is 0. The van der Waals surface area contributed by atoms with Crippen molar-refractivity contribution in [2.45, 2.75) is 25.7 Å². The van der Waals surface area contributed by atoms with Crippen LogP contribution in [0.5, 0.6) is 0 Å². The summed E-state index contributed by atoms with van der Waals surface area (Å²) >= 11 is 0. The molecule has 1 atom stereocenters. The van der Waals surface area contributed by atoms with E-state index < -0.39 is 0 Å². The van der Waals surface area contributed by atoms with E-state index in [2.05, 4.69) is 31.2 Å². The fourth-order valence-electron chi connectivity index (χ4n) is 2.26. The molecule has 0 aliphatic carbocycles. The summed E-state index contributed by atoms with van der Waals surface area (Å²) in [4.78, 5) is 11.4. The first kappa shape index (κ1) is 14.3. The van der Waals surface area contributed by atoms with Gasteiger partial charge >= 0.3 is 5.97 Å². The average molecular weight is 268 g/mol. The number of rotatable bonds is 5. The van der Waals surface area contributed by atoms with E-state index in [1.54, 1.807) is 0 Å². The molecule has 0 unspecified atom stereocenters. The van der Waals surface area contributed by atoms with E-state index in [0.717, 1.165) is 12.8 Å². The summed E-state index contributed by atoms with van der Waals surface area (Å²) in [6.07, 6.45) is 2.11. The number of carbonyl (C=O) groups excluding carboxylic acids is 1. The Morgan fingerprint density at radius 3 is 2.30 bits per heavy atom. The second kappa shape index (κ2) is 6.90. The van der Waals surface area contributed by atoms with Crippen molar-refractivity contribution in [3.63, 3.8) is 0 Å². The molecule has 0 amide bonds. The van der Waals surface area contributed by atoms with Gasteiger partial charge in [0.1, 0.15) is 0 Å². The Labute approximate surface area is 120 Å². The third kappa shape index (κ3) is 3.70. The predicted molar refractivity (Wildman–Crippen MR) is 81.0 cm³/mol. The maximum Gasteiger partial charge on any atom is 0.337 e. The van der Waals surface area contributed by atoms with Gasteiger partial charge in [-0.05, 0) is 42.0 Å². The number of esters is 1. The van der Waals surface area contributed by atoms with Gasteiger partial charge in [0.2, 0.25) is 0 Å². The first-order chi connectivity index (χ1) is 9.70. The lowest BCUT2D eigenvalue weighted by molar-refractivity contribution is 0.0600. The normalized spacial score (nSPS) is 11.9. The van der Waals surface area contributed by atoms with Crippen LogP contribution in [-0.2, 0) is 11.2 Å².